The van der Waals surface area contributed by atoms with E-state index in [1.165, 1.54) is 11.1 Å². The molecule has 1 fully saturated rings. The Hall–Kier alpha value is -0.751. The number of hydrogen-bond donors (Lipinski definition) is 0. The molecule has 136 valence electrons. The molecule has 3 rings (SSSR count). The minimum absolute atomic E-state index is 0.486. The van der Waals surface area contributed by atoms with Crippen molar-refractivity contribution in [3.63, 3.8) is 0 Å². The topological polar surface area (TPSA) is 30.3 Å². The van der Waals surface area contributed by atoms with Gasteiger partial charge in [0.2, 0.25) is 0 Å². The molecule has 0 aliphatic carbocycles. The first-order chi connectivity index (χ1) is 11.8. The molecule has 2 radical (unpaired) electrons. The molecule has 25 heavy (non-hydrogen) atoms. The zero-order valence-electron chi connectivity index (χ0n) is 16.2. The van der Waals surface area contributed by atoms with Crippen LogP contribution in [-0.4, -0.2) is 59.1 Å². The summed E-state index contributed by atoms with van der Waals surface area (Å²) in [6.45, 7) is 13.5. The first-order valence-corrected chi connectivity index (χ1v) is 12.5. The van der Waals surface area contributed by atoms with Crippen molar-refractivity contribution in [3.8, 4) is 0 Å². The van der Waals surface area contributed by atoms with E-state index in [0.717, 1.165) is 26.1 Å². The number of ether oxygens (including phenoxy) is 1. The van der Waals surface area contributed by atoms with Gasteiger partial charge in [-0.05, 0) is 0 Å². The Balaban J connectivity index is 1.77. The first-order valence-electron chi connectivity index (χ1n) is 9.41. The fraction of sp³-hybridized carbons (Fsp3) is 0.650. The van der Waals surface area contributed by atoms with Gasteiger partial charge in [0, 0.05) is 0 Å². The van der Waals surface area contributed by atoms with E-state index in [9.17, 15) is 0 Å². The van der Waals surface area contributed by atoms with Crippen molar-refractivity contribution in [2.24, 2.45) is 0 Å². The van der Waals surface area contributed by atoms with Crippen LogP contribution in [0, 0.1) is 0 Å². The molecule has 3 heterocycles. The van der Waals surface area contributed by atoms with Crippen molar-refractivity contribution < 1.29 is 4.74 Å². The average Bonchev–Trinajstić information content (AvgIpc) is 3.04. The number of rotatable bonds is 4. The van der Waals surface area contributed by atoms with Crippen LogP contribution in [0.3, 0.4) is 0 Å². The molecule has 1 atom stereocenters. The van der Waals surface area contributed by atoms with Gasteiger partial charge in [0.25, 0.3) is 0 Å². The molecule has 0 aromatic carbocycles. The number of allylic oxidation sites excluding steroid dienone is 2. The van der Waals surface area contributed by atoms with E-state index in [2.05, 4.69) is 73.8 Å². The van der Waals surface area contributed by atoms with Gasteiger partial charge in [-0.2, -0.15) is 0 Å². The van der Waals surface area contributed by atoms with E-state index in [1.807, 2.05) is 6.20 Å². The summed E-state index contributed by atoms with van der Waals surface area (Å²) >= 11 is -0.553. The Labute approximate surface area is 162 Å². The summed E-state index contributed by atoms with van der Waals surface area (Å²) < 4.78 is 8.74. The average molecular weight is 448 g/mol. The van der Waals surface area contributed by atoms with Crippen LogP contribution in [0.4, 0.5) is 0 Å². The normalized spacial score (nSPS) is 22.6. The van der Waals surface area contributed by atoms with Gasteiger partial charge in [0.15, 0.2) is 0 Å². The van der Waals surface area contributed by atoms with E-state index < -0.39 is 21.1 Å². The first kappa shape index (κ1) is 19.0. The van der Waals surface area contributed by atoms with Gasteiger partial charge in [0.05, 0.1) is 0 Å². The number of aromatic nitrogens is 2. The third kappa shape index (κ3) is 4.91. The van der Waals surface area contributed by atoms with E-state index in [1.54, 1.807) is 0 Å². The van der Waals surface area contributed by atoms with Crippen molar-refractivity contribution >= 4 is 26.7 Å². The zero-order valence-corrected chi connectivity index (χ0v) is 19.1. The van der Waals surface area contributed by atoms with E-state index in [4.69, 9.17) is 4.74 Å². The third-order valence-corrected chi connectivity index (χ3v) is 9.46. The summed E-state index contributed by atoms with van der Waals surface area (Å²) in [5.74, 6) is 0. The maximum absolute atomic E-state index is 5.47. The zero-order chi connectivity index (χ0) is 18.0. The van der Waals surface area contributed by atoms with Crippen LogP contribution in [-0.2, 0) is 4.74 Å². The SMILES string of the molecule is CC(C)N1C=C(c2cnn(C3CCOCC3)c2)C=C[CH]1[Sn][C](C)(C)C. The minimum atomic E-state index is -0.553. The number of nitrogens with zero attached hydrogens (tertiary/aromatic N) is 3. The van der Waals surface area contributed by atoms with Crippen LogP contribution >= 0.6 is 0 Å². The fourth-order valence-corrected chi connectivity index (χ4v) is 7.99. The molecule has 0 saturated carbocycles. The molecule has 5 heteroatoms. The molecular formula is C20H31N3OSn. The molecule has 0 bridgehead atoms. The molecule has 2 aliphatic rings. The molecule has 0 N–H and O–H groups in total. The quantitative estimate of drug-likeness (QED) is 0.650. The molecule has 0 spiro atoms. The predicted molar refractivity (Wildman–Crippen MR) is 105 cm³/mol. The second-order valence-electron chi connectivity index (χ2n) is 8.38. The van der Waals surface area contributed by atoms with Crippen molar-refractivity contribution in [3.05, 3.63) is 36.3 Å². The Morgan fingerprint density at radius 1 is 1.24 bits per heavy atom. The molecule has 1 aromatic heterocycles. The monoisotopic (exact) mass is 449 g/mol. The number of hydrogen-bond acceptors (Lipinski definition) is 3. The second kappa shape index (κ2) is 7.87. The van der Waals surface area contributed by atoms with Crippen LogP contribution in [0.2, 0.25) is 3.43 Å². The molecule has 4 nitrogen and oxygen atoms in total. The Bertz CT molecular complexity index is 636. The summed E-state index contributed by atoms with van der Waals surface area (Å²) in [4.78, 5) is 2.57. The van der Waals surface area contributed by atoms with Crippen molar-refractivity contribution in [1.29, 1.82) is 0 Å². The third-order valence-electron chi connectivity index (χ3n) is 4.74. The fourth-order valence-electron chi connectivity index (χ4n) is 3.42. The van der Waals surface area contributed by atoms with E-state index in [0.29, 0.717) is 19.6 Å². The van der Waals surface area contributed by atoms with Crippen LogP contribution < -0.4 is 0 Å². The Morgan fingerprint density at radius 3 is 2.60 bits per heavy atom. The molecule has 2 aliphatic heterocycles. The Morgan fingerprint density at radius 2 is 1.96 bits per heavy atom. The molecule has 1 unspecified atom stereocenters. The van der Waals surface area contributed by atoms with Crippen LogP contribution in [0.5, 0.6) is 0 Å². The molecule has 1 saturated heterocycles. The second-order valence-corrected chi connectivity index (χ2v) is 15.2. The molecule has 1 aromatic rings. The standard InChI is InChI=1S/C16H22N3O.C4H9.Sn/c1-13(2)18-7-3-4-14(11-18)15-10-17-19(12-15)16-5-8-20-9-6-16;1-4(2)3;/h3-4,7,10-13,16H,5-6,8-9H2,1-2H3;1-3H3;. The predicted octanol–water partition coefficient (Wildman–Crippen LogP) is 4.10. The van der Waals surface area contributed by atoms with Crippen molar-refractivity contribution in [2.45, 2.75) is 67.0 Å². The van der Waals surface area contributed by atoms with Gasteiger partial charge in [-0.1, -0.05) is 0 Å². The van der Waals surface area contributed by atoms with Crippen LogP contribution in [0.15, 0.2) is 30.7 Å². The molecule has 0 amide bonds. The summed E-state index contributed by atoms with van der Waals surface area (Å²) in [6, 6.07) is 1.01. The van der Waals surface area contributed by atoms with Gasteiger partial charge < -0.3 is 0 Å². The van der Waals surface area contributed by atoms with Crippen molar-refractivity contribution in [2.75, 3.05) is 13.2 Å². The van der Waals surface area contributed by atoms with E-state index >= 15 is 0 Å². The van der Waals surface area contributed by atoms with Crippen LogP contribution in [0.25, 0.3) is 5.57 Å². The van der Waals surface area contributed by atoms with E-state index in [-0.39, 0.29) is 0 Å². The van der Waals surface area contributed by atoms with Gasteiger partial charge in [-0.15, -0.1) is 0 Å². The maximum atomic E-state index is 5.47. The van der Waals surface area contributed by atoms with Gasteiger partial charge in [-0.3, -0.25) is 0 Å². The summed E-state index contributed by atoms with van der Waals surface area (Å²) in [5, 5.41) is 4.64. The Kier molecular flexibility index (Phi) is 5.99. The van der Waals surface area contributed by atoms with Gasteiger partial charge >= 0.3 is 163 Å². The summed E-state index contributed by atoms with van der Waals surface area (Å²) in [5.41, 5.74) is 2.52. The summed E-state index contributed by atoms with van der Waals surface area (Å²) in [7, 11) is 0. The van der Waals surface area contributed by atoms with Gasteiger partial charge in [-0.25, -0.2) is 0 Å². The van der Waals surface area contributed by atoms with Gasteiger partial charge in [0.1, 0.15) is 0 Å². The molecular weight excluding hydrogens is 417 g/mol. The van der Waals surface area contributed by atoms with Crippen molar-refractivity contribution in [1.82, 2.24) is 14.7 Å². The van der Waals surface area contributed by atoms with Crippen LogP contribution in [0.1, 0.15) is 59.1 Å². The summed E-state index contributed by atoms with van der Waals surface area (Å²) in [6.07, 6.45) is 13.5.